The monoisotopic (exact) mass is 264 g/mol. The molecule has 0 spiro atoms. The molecule has 2 rings (SSSR count). The van der Waals surface area contributed by atoms with Crippen LogP contribution in [0.5, 0.6) is 0 Å². The van der Waals surface area contributed by atoms with Crippen LogP contribution in [0.1, 0.15) is 22.1 Å². The van der Waals surface area contributed by atoms with Crippen LogP contribution in [0.15, 0.2) is 23.1 Å². The number of rotatable bonds is 5. The lowest BCUT2D eigenvalue weighted by molar-refractivity contribution is -0.139. The van der Waals surface area contributed by atoms with Crippen LogP contribution < -0.4 is 5.32 Å². The van der Waals surface area contributed by atoms with Gasteiger partial charge in [-0.25, -0.2) is 14.8 Å². The van der Waals surface area contributed by atoms with Crippen LogP contribution in [-0.4, -0.2) is 38.0 Å². The Hall–Kier alpha value is -2.64. The number of nitrogens with one attached hydrogen (secondary N) is 2. The number of aliphatic carboxylic acids is 1. The summed E-state index contributed by atoms with van der Waals surface area (Å²) in [6.07, 6.45) is 4.42. The van der Waals surface area contributed by atoms with Gasteiger partial charge in [0.1, 0.15) is 11.8 Å². The fourth-order valence-electron chi connectivity index (χ4n) is 1.50. The molecule has 3 N–H and O–H groups in total. The molecule has 2 aromatic heterocycles. The third kappa shape index (κ3) is 3.18. The van der Waals surface area contributed by atoms with Gasteiger partial charge in [-0.2, -0.15) is 0 Å². The number of aromatic nitrogens is 3. The first-order valence-corrected chi connectivity index (χ1v) is 5.49. The molecule has 0 radical (unpaired) electrons. The zero-order valence-corrected chi connectivity index (χ0v) is 10.1. The summed E-state index contributed by atoms with van der Waals surface area (Å²) in [7, 11) is 0. The minimum Gasteiger partial charge on any atom is -0.480 e. The van der Waals surface area contributed by atoms with Crippen LogP contribution in [0, 0.1) is 6.92 Å². The summed E-state index contributed by atoms with van der Waals surface area (Å²) in [5.41, 5.74) is 0.608. The Bertz CT molecular complexity index is 575. The number of nitrogens with zero attached hydrogens (tertiary/aromatic N) is 2. The van der Waals surface area contributed by atoms with Crippen molar-refractivity contribution in [1.82, 2.24) is 20.3 Å². The molecule has 0 aliphatic heterocycles. The quantitative estimate of drug-likeness (QED) is 0.705. The van der Waals surface area contributed by atoms with E-state index in [4.69, 9.17) is 9.52 Å². The van der Waals surface area contributed by atoms with E-state index in [1.165, 1.54) is 18.7 Å². The van der Waals surface area contributed by atoms with E-state index in [-0.39, 0.29) is 12.3 Å². The first-order chi connectivity index (χ1) is 9.06. The molecule has 1 atom stereocenters. The molecule has 8 nitrogen and oxygen atoms in total. The summed E-state index contributed by atoms with van der Waals surface area (Å²) >= 11 is 0. The smallest absolute Gasteiger partial charge is 0.326 e. The van der Waals surface area contributed by atoms with Crippen molar-refractivity contribution in [2.24, 2.45) is 0 Å². The summed E-state index contributed by atoms with van der Waals surface area (Å²) in [6, 6.07) is -1.08. The molecule has 0 aromatic carbocycles. The largest absolute Gasteiger partial charge is 0.480 e. The van der Waals surface area contributed by atoms with Gasteiger partial charge in [0, 0.05) is 18.3 Å². The standard InChI is InChI=1S/C11H12N4O4/c1-6-3-13-10(19-6)9(16)15-8(11(17)18)2-7-4-12-5-14-7/h3-5,8H,2H2,1H3,(H,12,14)(H,15,16)(H,17,18)/t8-/m0/s1. The zero-order chi connectivity index (χ0) is 13.8. The second-order valence-electron chi connectivity index (χ2n) is 3.92. The number of carbonyl (C=O) groups excluding carboxylic acids is 1. The lowest BCUT2D eigenvalue weighted by Gasteiger charge is -2.11. The normalized spacial score (nSPS) is 12.1. The number of aryl methyl sites for hydroxylation is 1. The zero-order valence-electron chi connectivity index (χ0n) is 10.1. The van der Waals surface area contributed by atoms with Gasteiger partial charge in [-0.05, 0) is 6.92 Å². The Labute approximate surface area is 107 Å². The van der Waals surface area contributed by atoms with Gasteiger partial charge in [0.2, 0.25) is 0 Å². The number of imidazole rings is 1. The molecule has 0 aliphatic rings. The number of carbonyl (C=O) groups is 2. The summed E-state index contributed by atoms with van der Waals surface area (Å²) in [4.78, 5) is 33.1. The van der Waals surface area contributed by atoms with E-state index in [1.807, 2.05) is 0 Å². The Morgan fingerprint density at radius 3 is 2.84 bits per heavy atom. The summed E-state index contributed by atoms with van der Waals surface area (Å²) in [5.74, 6) is -1.50. The first kappa shape index (κ1) is 12.8. The molecule has 0 unspecified atom stereocenters. The highest BCUT2D eigenvalue weighted by atomic mass is 16.4. The number of aromatic amines is 1. The number of hydrogen-bond donors (Lipinski definition) is 3. The van der Waals surface area contributed by atoms with Crippen molar-refractivity contribution in [3.63, 3.8) is 0 Å². The Morgan fingerprint density at radius 2 is 2.32 bits per heavy atom. The average Bonchev–Trinajstić information content (AvgIpc) is 2.99. The van der Waals surface area contributed by atoms with Crippen LogP contribution in [0.25, 0.3) is 0 Å². The Kier molecular flexibility index (Phi) is 3.60. The van der Waals surface area contributed by atoms with Crippen molar-refractivity contribution in [2.75, 3.05) is 0 Å². The third-order valence-corrected chi connectivity index (χ3v) is 2.40. The summed E-state index contributed by atoms with van der Waals surface area (Å²) < 4.78 is 5.02. The first-order valence-electron chi connectivity index (χ1n) is 5.49. The van der Waals surface area contributed by atoms with Crippen molar-refractivity contribution >= 4 is 11.9 Å². The van der Waals surface area contributed by atoms with Crippen molar-refractivity contribution in [2.45, 2.75) is 19.4 Å². The van der Waals surface area contributed by atoms with Gasteiger partial charge >= 0.3 is 11.9 Å². The number of H-pyrrole nitrogens is 1. The molecule has 0 fully saturated rings. The highest BCUT2D eigenvalue weighted by Gasteiger charge is 2.23. The molecule has 0 aliphatic carbocycles. The maximum absolute atomic E-state index is 11.7. The number of carboxylic acids is 1. The molecular weight excluding hydrogens is 252 g/mol. The summed E-state index contributed by atoms with van der Waals surface area (Å²) in [6.45, 7) is 1.64. The van der Waals surface area contributed by atoms with Crippen LogP contribution in [0.3, 0.4) is 0 Å². The number of carboxylic acid groups (broad SMARTS) is 1. The minimum atomic E-state index is -1.15. The highest BCUT2D eigenvalue weighted by Crippen LogP contribution is 2.04. The van der Waals surface area contributed by atoms with Crippen molar-refractivity contribution in [1.29, 1.82) is 0 Å². The number of amides is 1. The van der Waals surface area contributed by atoms with Gasteiger partial charge in [0.15, 0.2) is 0 Å². The van der Waals surface area contributed by atoms with Crippen LogP contribution >= 0.6 is 0 Å². The molecule has 2 heterocycles. The van der Waals surface area contributed by atoms with E-state index >= 15 is 0 Å². The van der Waals surface area contributed by atoms with E-state index in [0.29, 0.717) is 11.5 Å². The molecule has 2 aromatic rings. The number of hydrogen-bond acceptors (Lipinski definition) is 5. The van der Waals surface area contributed by atoms with Crippen molar-refractivity contribution < 1.29 is 19.1 Å². The Morgan fingerprint density at radius 1 is 1.53 bits per heavy atom. The van der Waals surface area contributed by atoms with Gasteiger partial charge in [0.25, 0.3) is 5.89 Å². The summed E-state index contributed by atoms with van der Waals surface area (Å²) in [5, 5.41) is 11.4. The van der Waals surface area contributed by atoms with Gasteiger partial charge in [-0.15, -0.1) is 0 Å². The van der Waals surface area contributed by atoms with E-state index in [1.54, 1.807) is 6.92 Å². The molecule has 19 heavy (non-hydrogen) atoms. The molecular formula is C11H12N4O4. The second kappa shape index (κ2) is 5.34. The fraction of sp³-hybridized carbons (Fsp3) is 0.273. The van der Waals surface area contributed by atoms with Crippen LogP contribution in [-0.2, 0) is 11.2 Å². The molecule has 1 amide bonds. The lowest BCUT2D eigenvalue weighted by atomic mass is 10.1. The highest BCUT2D eigenvalue weighted by molar-refractivity contribution is 5.92. The molecule has 100 valence electrons. The van der Waals surface area contributed by atoms with Crippen LogP contribution in [0.4, 0.5) is 0 Å². The maximum atomic E-state index is 11.7. The minimum absolute atomic E-state index is 0.0980. The van der Waals surface area contributed by atoms with Crippen molar-refractivity contribution in [3.05, 3.63) is 36.1 Å². The van der Waals surface area contributed by atoms with Gasteiger partial charge in [-0.3, -0.25) is 4.79 Å². The predicted octanol–water partition coefficient (Wildman–Crippen LogP) is 0.132. The van der Waals surface area contributed by atoms with Gasteiger partial charge < -0.3 is 19.8 Å². The Balaban J connectivity index is 2.04. The second-order valence-corrected chi connectivity index (χ2v) is 3.92. The van der Waals surface area contributed by atoms with E-state index in [0.717, 1.165) is 0 Å². The lowest BCUT2D eigenvalue weighted by Crippen LogP contribution is -2.42. The molecule has 0 saturated heterocycles. The van der Waals surface area contributed by atoms with E-state index in [9.17, 15) is 9.59 Å². The van der Waals surface area contributed by atoms with Crippen LogP contribution in [0.2, 0.25) is 0 Å². The van der Waals surface area contributed by atoms with E-state index < -0.39 is 17.9 Å². The maximum Gasteiger partial charge on any atom is 0.326 e. The van der Waals surface area contributed by atoms with Gasteiger partial charge in [-0.1, -0.05) is 0 Å². The third-order valence-electron chi connectivity index (χ3n) is 2.40. The topological polar surface area (TPSA) is 121 Å². The predicted molar refractivity (Wildman–Crippen MR) is 62.4 cm³/mol. The molecule has 0 bridgehead atoms. The average molecular weight is 264 g/mol. The van der Waals surface area contributed by atoms with Crippen molar-refractivity contribution in [3.8, 4) is 0 Å². The number of oxazole rings is 1. The SMILES string of the molecule is Cc1cnc(C(=O)N[C@@H](Cc2cnc[nH]2)C(=O)O)o1. The molecule has 0 saturated carbocycles. The fourth-order valence-corrected chi connectivity index (χ4v) is 1.50. The van der Waals surface area contributed by atoms with E-state index in [2.05, 4.69) is 20.3 Å². The van der Waals surface area contributed by atoms with Gasteiger partial charge in [0.05, 0.1) is 12.5 Å². The molecule has 8 heteroatoms.